The number of amides is 3. The summed E-state index contributed by atoms with van der Waals surface area (Å²) in [5, 5.41) is 2.76. The van der Waals surface area contributed by atoms with E-state index in [-0.39, 0.29) is 31.4 Å². The maximum Gasteiger partial charge on any atom is 0.407 e. The third kappa shape index (κ3) is 9.34. The Bertz CT molecular complexity index is 1480. The summed E-state index contributed by atoms with van der Waals surface area (Å²) >= 11 is 1.68. The van der Waals surface area contributed by atoms with E-state index in [1.165, 1.54) is 4.90 Å². The van der Waals surface area contributed by atoms with Gasteiger partial charge in [0.05, 0.1) is 30.3 Å². The summed E-state index contributed by atoms with van der Waals surface area (Å²) in [6.45, 7) is 7.69. The van der Waals surface area contributed by atoms with E-state index in [0.717, 1.165) is 16.9 Å². The summed E-state index contributed by atoms with van der Waals surface area (Å²) in [6.07, 6.45) is 0.166. The zero-order valence-electron chi connectivity index (χ0n) is 26.3. The Morgan fingerprint density at radius 1 is 0.956 bits per heavy atom. The number of hydrogen-bond acceptors (Lipinski definition) is 7. The summed E-state index contributed by atoms with van der Waals surface area (Å²) in [4.78, 5) is 56.0. The molecule has 238 valence electrons. The minimum absolute atomic E-state index is 0.0782. The van der Waals surface area contributed by atoms with Crippen LogP contribution in [-0.2, 0) is 25.5 Å². The Morgan fingerprint density at radius 2 is 1.64 bits per heavy atom. The molecule has 0 fully saturated rings. The maximum absolute atomic E-state index is 14.4. The first-order chi connectivity index (χ1) is 21.6. The van der Waals surface area contributed by atoms with Gasteiger partial charge in [0, 0.05) is 18.0 Å². The van der Waals surface area contributed by atoms with Gasteiger partial charge < -0.3 is 19.7 Å². The number of rotatable bonds is 12. The Kier molecular flexibility index (Phi) is 11.6. The van der Waals surface area contributed by atoms with Crippen LogP contribution in [0.1, 0.15) is 61.6 Å². The Hall–Kier alpha value is -4.31. The second-order valence-corrected chi connectivity index (χ2v) is 12.8. The highest BCUT2D eigenvalue weighted by atomic mass is 32.2. The van der Waals surface area contributed by atoms with Crippen molar-refractivity contribution < 1.29 is 28.7 Å². The first-order valence-corrected chi connectivity index (χ1v) is 16.3. The topological polar surface area (TPSA) is 105 Å². The van der Waals surface area contributed by atoms with Crippen molar-refractivity contribution in [1.82, 2.24) is 10.2 Å². The number of alkyl carbamates (subject to hydrolysis) is 1. The standard InChI is InChI=1S/C35H41N3O6S/c1-5-43-32(40)23-30(26-12-8-6-9-13-26)37-24-31(39)38(27-14-10-7-11-15-27)29-17-16-25(22-28(29)33(37)41)18-20-45-21-19-36-34(42)44-35(2,3)4/h6-17,22,30H,5,18-21,23-24H2,1-4H3,(H,36,42). The quantitative estimate of drug-likeness (QED) is 0.185. The number of benzene rings is 3. The van der Waals surface area contributed by atoms with Gasteiger partial charge in [0.2, 0.25) is 0 Å². The molecule has 1 unspecified atom stereocenters. The van der Waals surface area contributed by atoms with Gasteiger partial charge in [-0.05, 0) is 75.3 Å². The summed E-state index contributed by atoms with van der Waals surface area (Å²) in [6, 6.07) is 23.5. The molecule has 0 aromatic heterocycles. The molecule has 10 heteroatoms. The summed E-state index contributed by atoms with van der Waals surface area (Å²) in [5.41, 5.74) is 2.69. The van der Waals surface area contributed by atoms with Crippen LogP contribution in [0, 0.1) is 0 Å². The lowest BCUT2D eigenvalue weighted by molar-refractivity contribution is -0.144. The summed E-state index contributed by atoms with van der Waals surface area (Å²) in [7, 11) is 0. The zero-order valence-corrected chi connectivity index (χ0v) is 27.1. The lowest BCUT2D eigenvalue weighted by Gasteiger charge is -2.30. The van der Waals surface area contributed by atoms with Crippen molar-refractivity contribution in [3.05, 3.63) is 95.6 Å². The number of nitrogens with zero attached hydrogens (tertiary/aromatic N) is 2. The van der Waals surface area contributed by atoms with Crippen molar-refractivity contribution in [2.24, 2.45) is 0 Å². The number of carbonyl (C=O) groups excluding carboxylic acids is 4. The molecule has 1 N–H and O–H groups in total. The van der Waals surface area contributed by atoms with Gasteiger partial charge in [0.25, 0.3) is 11.8 Å². The van der Waals surface area contributed by atoms with Gasteiger partial charge in [-0.3, -0.25) is 19.3 Å². The number of nitrogens with one attached hydrogen (secondary N) is 1. The monoisotopic (exact) mass is 631 g/mol. The van der Waals surface area contributed by atoms with Gasteiger partial charge in [-0.15, -0.1) is 0 Å². The fourth-order valence-corrected chi connectivity index (χ4v) is 5.92. The minimum atomic E-state index is -0.693. The molecule has 9 nitrogen and oxygen atoms in total. The smallest absolute Gasteiger partial charge is 0.407 e. The van der Waals surface area contributed by atoms with Gasteiger partial charge in [-0.25, -0.2) is 4.79 Å². The van der Waals surface area contributed by atoms with E-state index < -0.39 is 23.7 Å². The molecule has 0 saturated carbocycles. The molecule has 1 aliphatic heterocycles. The number of anilines is 2. The van der Waals surface area contributed by atoms with Gasteiger partial charge >= 0.3 is 12.1 Å². The molecule has 4 rings (SSSR count). The molecular formula is C35H41N3O6S. The number of esters is 1. The normalized spacial score (nSPS) is 14.0. The van der Waals surface area contributed by atoms with Crippen molar-refractivity contribution in [2.75, 3.05) is 36.1 Å². The number of hydrogen-bond donors (Lipinski definition) is 1. The number of fused-ring (bicyclic) bond motifs is 1. The average molecular weight is 632 g/mol. The van der Waals surface area contributed by atoms with E-state index in [1.807, 2.05) is 99.6 Å². The fraction of sp³-hybridized carbons (Fsp3) is 0.371. The van der Waals surface area contributed by atoms with Gasteiger partial charge in [0.1, 0.15) is 12.1 Å². The Balaban J connectivity index is 1.59. The predicted octanol–water partition coefficient (Wildman–Crippen LogP) is 6.30. The molecule has 3 amide bonds. The molecule has 1 heterocycles. The molecule has 1 aliphatic rings. The third-order valence-electron chi connectivity index (χ3n) is 7.04. The molecule has 45 heavy (non-hydrogen) atoms. The second kappa shape index (κ2) is 15.6. The molecule has 3 aromatic carbocycles. The first kappa shape index (κ1) is 33.6. The van der Waals surface area contributed by atoms with Crippen LogP contribution in [0.2, 0.25) is 0 Å². The molecule has 0 saturated heterocycles. The Morgan fingerprint density at radius 3 is 2.31 bits per heavy atom. The van der Waals surface area contributed by atoms with Gasteiger partial charge in [0.15, 0.2) is 0 Å². The van der Waals surface area contributed by atoms with Crippen LogP contribution in [0.15, 0.2) is 78.9 Å². The van der Waals surface area contributed by atoms with Crippen molar-refractivity contribution in [1.29, 1.82) is 0 Å². The largest absolute Gasteiger partial charge is 0.466 e. The number of carbonyl (C=O) groups is 4. The van der Waals surface area contributed by atoms with E-state index in [4.69, 9.17) is 9.47 Å². The first-order valence-electron chi connectivity index (χ1n) is 15.1. The highest BCUT2D eigenvalue weighted by Gasteiger charge is 2.37. The maximum atomic E-state index is 14.4. The van der Waals surface area contributed by atoms with Crippen LogP contribution in [-0.4, -0.2) is 65.6 Å². The summed E-state index contributed by atoms with van der Waals surface area (Å²) < 4.78 is 10.5. The lowest BCUT2D eigenvalue weighted by Crippen LogP contribution is -2.41. The molecule has 1 atom stereocenters. The number of aryl methyl sites for hydroxylation is 1. The van der Waals surface area contributed by atoms with E-state index in [9.17, 15) is 19.2 Å². The molecule has 0 bridgehead atoms. The van der Waals surface area contributed by atoms with Gasteiger partial charge in [-0.2, -0.15) is 11.8 Å². The van der Waals surface area contributed by atoms with E-state index >= 15 is 0 Å². The highest BCUT2D eigenvalue weighted by Crippen LogP contribution is 2.37. The van der Waals surface area contributed by atoms with Crippen molar-refractivity contribution >= 4 is 47.0 Å². The van der Waals surface area contributed by atoms with Crippen molar-refractivity contribution in [2.45, 2.75) is 52.2 Å². The minimum Gasteiger partial charge on any atom is -0.466 e. The van der Waals surface area contributed by atoms with Crippen LogP contribution in [0.4, 0.5) is 16.2 Å². The van der Waals surface area contributed by atoms with Crippen LogP contribution in [0.3, 0.4) is 0 Å². The molecule has 3 aromatic rings. The van der Waals surface area contributed by atoms with Crippen LogP contribution >= 0.6 is 11.8 Å². The van der Waals surface area contributed by atoms with E-state index in [2.05, 4.69) is 5.32 Å². The SMILES string of the molecule is CCOC(=O)CC(c1ccccc1)N1CC(=O)N(c2ccccc2)c2ccc(CCSCCNC(=O)OC(C)(C)C)cc2C1=O. The van der Waals surface area contributed by atoms with Crippen LogP contribution in [0.25, 0.3) is 0 Å². The molecule has 0 radical (unpaired) electrons. The number of para-hydroxylation sites is 1. The number of thioether (sulfide) groups is 1. The Labute approximate surface area is 269 Å². The highest BCUT2D eigenvalue weighted by molar-refractivity contribution is 7.99. The average Bonchev–Trinajstić information content (AvgIpc) is 3.11. The molecular weight excluding hydrogens is 590 g/mol. The van der Waals surface area contributed by atoms with Crippen molar-refractivity contribution in [3.8, 4) is 0 Å². The number of ether oxygens (including phenoxy) is 2. The van der Waals surface area contributed by atoms with Gasteiger partial charge in [-0.1, -0.05) is 54.6 Å². The predicted molar refractivity (Wildman–Crippen MR) is 177 cm³/mol. The van der Waals surface area contributed by atoms with E-state index in [0.29, 0.717) is 35.7 Å². The summed E-state index contributed by atoms with van der Waals surface area (Å²) in [5.74, 6) is 0.427. The zero-order chi connectivity index (χ0) is 32.4. The van der Waals surface area contributed by atoms with E-state index in [1.54, 1.807) is 23.6 Å². The van der Waals surface area contributed by atoms with Crippen LogP contribution < -0.4 is 10.2 Å². The van der Waals surface area contributed by atoms with Crippen molar-refractivity contribution in [3.63, 3.8) is 0 Å². The third-order valence-corrected chi connectivity index (χ3v) is 8.02. The molecule has 0 aliphatic carbocycles. The molecule has 0 spiro atoms. The van der Waals surface area contributed by atoms with Crippen LogP contribution in [0.5, 0.6) is 0 Å². The lowest BCUT2D eigenvalue weighted by atomic mass is 9.99. The second-order valence-electron chi connectivity index (χ2n) is 11.6. The fourth-order valence-electron chi connectivity index (χ4n) is 5.09.